The molecule has 0 aliphatic heterocycles. The van der Waals surface area contributed by atoms with Crippen LogP contribution in [0.3, 0.4) is 0 Å². The van der Waals surface area contributed by atoms with Gasteiger partial charge in [0.1, 0.15) is 0 Å². The molecule has 3 aromatic carbocycles. The number of nitrogens with zero attached hydrogens (tertiary/aromatic N) is 1. The van der Waals surface area contributed by atoms with Crippen molar-refractivity contribution in [2.75, 3.05) is 0 Å². The van der Waals surface area contributed by atoms with Crippen LogP contribution in [0.2, 0.25) is 0 Å². The molecule has 102 valence electrons. The van der Waals surface area contributed by atoms with Gasteiger partial charge in [0.05, 0.1) is 5.69 Å². The first-order chi connectivity index (χ1) is 10.3. The van der Waals surface area contributed by atoms with E-state index in [1.165, 1.54) is 16.7 Å². The van der Waals surface area contributed by atoms with Crippen LogP contribution in [0, 0.1) is 6.92 Å². The minimum absolute atomic E-state index is 1.02. The summed E-state index contributed by atoms with van der Waals surface area (Å²) in [4.78, 5) is 4.55. The number of para-hydroxylation sites is 1. The van der Waals surface area contributed by atoms with Crippen molar-refractivity contribution in [2.45, 2.75) is 6.92 Å². The number of hydrogen-bond donors (Lipinski definition) is 0. The SMILES string of the molecule is Cc1ccccc1N=Cc1ccc(-c2ccccc2)cc1. The zero-order valence-electron chi connectivity index (χ0n) is 12.0. The van der Waals surface area contributed by atoms with Gasteiger partial charge < -0.3 is 0 Å². The molecule has 1 nitrogen and oxygen atoms in total. The van der Waals surface area contributed by atoms with Crippen LogP contribution in [-0.4, -0.2) is 6.21 Å². The highest BCUT2D eigenvalue weighted by atomic mass is 14.7. The van der Waals surface area contributed by atoms with Crippen LogP contribution in [0.25, 0.3) is 11.1 Å². The number of rotatable bonds is 3. The van der Waals surface area contributed by atoms with Crippen LogP contribution in [-0.2, 0) is 0 Å². The first-order valence-electron chi connectivity index (χ1n) is 7.08. The van der Waals surface area contributed by atoms with Crippen molar-refractivity contribution in [3.63, 3.8) is 0 Å². The van der Waals surface area contributed by atoms with Crippen molar-refractivity contribution < 1.29 is 0 Å². The maximum Gasteiger partial charge on any atom is 0.0659 e. The molecule has 0 aromatic heterocycles. The number of benzene rings is 3. The monoisotopic (exact) mass is 271 g/mol. The van der Waals surface area contributed by atoms with E-state index in [2.05, 4.69) is 66.5 Å². The minimum Gasteiger partial charge on any atom is -0.256 e. The second-order valence-electron chi connectivity index (χ2n) is 5.03. The average Bonchev–Trinajstić information content (AvgIpc) is 2.55. The molecule has 0 unspecified atom stereocenters. The zero-order valence-corrected chi connectivity index (χ0v) is 12.0. The lowest BCUT2D eigenvalue weighted by atomic mass is 10.0. The first kappa shape index (κ1) is 13.3. The van der Waals surface area contributed by atoms with E-state index in [0.717, 1.165) is 11.3 Å². The van der Waals surface area contributed by atoms with Crippen molar-refractivity contribution in [1.82, 2.24) is 0 Å². The quantitative estimate of drug-likeness (QED) is 0.564. The Hall–Kier alpha value is -2.67. The Morgan fingerprint density at radius 2 is 1.29 bits per heavy atom. The van der Waals surface area contributed by atoms with Crippen molar-refractivity contribution in [3.8, 4) is 11.1 Å². The molecule has 0 heterocycles. The summed E-state index contributed by atoms with van der Waals surface area (Å²) < 4.78 is 0. The molecule has 3 aromatic rings. The van der Waals surface area contributed by atoms with Gasteiger partial charge in [-0.25, -0.2) is 0 Å². The summed E-state index contributed by atoms with van der Waals surface area (Å²) in [5.74, 6) is 0. The van der Waals surface area contributed by atoms with Gasteiger partial charge in [0, 0.05) is 6.21 Å². The Bertz CT molecular complexity index is 740. The lowest BCUT2D eigenvalue weighted by Gasteiger charge is -2.02. The van der Waals surface area contributed by atoms with E-state index in [4.69, 9.17) is 0 Å². The fraction of sp³-hybridized carbons (Fsp3) is 0.0500. The third kappa shape index (κ3) is 3.26. The minimum atomic E-state index is 1.02. The van der Waals surface area contributed by atoms with Gasteiger partial charge in [-0.05, 0) is 35.2 Å². The van der Waals surface area contributed by atoms with Gasteiger partial charge in [0.2, 0.25) is 0 Å². The fourth-order valence-electron chi connectivity index (χ4n) is 2.24. The molecule has 0 bridgehead atoms. The molecule has 0 saturated heterocycles. The molecular formula is C20H17N. The summed E-state index contributed by atoms with van der Waals surface area (Å²) in [6.07, 6.45) is 1.91. The predicted molar refractivity (Wildman–Crippen MR) is 90.3 cm³/mol. The predicted octanol–water partition coefficient (Wildman–Crippen LogP) is 5.41. The Labute approximate surface area is 125 Å². The highest BCUT2D eigenvalue weighted by Gasteiger charge is 1.96. The van der Waals surface area contributed by atoms with Crippen LogP contribution in [0.4, 0.5) is 5.69 Å². The summed E-state index contributed by atoms with van der Waals surface area (Å²) in [5, 5.41) is 0. The highest BCUT2D eigenvalue weighted by Crippen LogP contribution is 2.20. The van der Waals surface area contributed by atoms with E-state index in [9.17, 15) is 0 Å². The van der Waals surface area contributed by atoms with Crippen molar-refractivity contribution in [1.29, 1.82) is 0 Å². The lowest BCUT2D eigenvalue weighted by Crippen LogP contribution is -1.82. The number of aliphatic imine (C=N–C) groups is 1. The third-order valence-electron chi connectivity index (χ3n) is 3.49. The Morgan fingerprint density at radius 1 is 0.667 bits per heavy atom. The largest absolute Gasteiger partial charge is 0.256 e. The van der Waals surface area contributed by atoms with Crippen LogP contribution in [0.5, 0.6) is 0 Å². The molecule has 0 aliphatic carbocycles. The Balaban J connectivity index is 1.81. The molecule has 0 fully saturated rings. The fourth-order valence-corrected chi connectivity index (χ4v) is 2.24. The number of aryl methyl sites for hydroxylation is 1. The molecule has 0 saturated carbocycles. The summed E-state index contributed by atoms with van der Waals surface area (Å²) in [6, 6.07) is 27.0. The molecule has 0 atom stereocenters. The maximum absolute atomic E-state index is 4.55. The van der Waals surface area contributed by atoms with Crippen molar-refractivity contribution in [3.05, 3.63) is 90.0 Å². The Morgan fingerprint density at radius 3 is 2.00 bits per heavy atom. The number of hydrogen-bond acceptors (Lipinski definition) is 1. The van der Waals surface area contributed by atoms with E-state index in [1.807, 2.05) is 30.5 Å². The average molecular weight is 271 g/mol. The normalized spacial score (nSPS) is 10.9. The van der Waals surface area contributed by atoms with E-state index in [-0.39, 0.29) is 0 Å². The van der Waals surface area contributed by atoms with Gasteiger partial charge in [-0.15, -0.1) is 0 Å². The first-order valence-corrected chi connectivity index (χ1v) is 7.08. The smallest absolute Gasteiger partial charge is 0.0659 e. The molecule has 0 radical (unpaired) electrons. The lowest BCUT2D eigenvalue weighted by molar-refractivity contribution is 1.40. The van der Waals surface area contributed by atoms with Gasteiger partial charge in [-0.3, -0.25) is 4.99 Å². The van der Waals surface area contributed by atoms with E-state index >= 15 is 0 Å². The van der Waals surface area contributed by atoms with E-state index in [0.29, 0.717) is 0 Å². The summed E-state index contributed by atoms with van der Waals surface area (Å²) in [7, 11) is 0. The second kappa shape index (κ2) is 6.19. The molecule has 0 amide bonds. The molecule has 0 N–H and O–H groups in total. The molecule has 0 aliphatic rings. The maximum atomic E-state index is 4.55. The van der Waals surface area contributed by atoms with Crippen LogP contribution in [0.1, 0.15) is 11.1 Å². The highest BCUT2D eigenvalue weighted by molar-refractivity contribution is 5.83. The molecule has 0 spiro atoms. The molecule has 3 rings (SSSR count). The van der Waals surface area contributed by atoms with Gasteiger partial charge in [0.25, 0.3) is 0 Å². The van der Waals surface area contributed by atoms with Crippen LogP contribution >= 0.6 is 0 Å². The van der Waals surface area contributed by atoms with Gasteiger partial charge in [-0.1, -0.05) is 72.8 Å². The topological polar surface area (TPSA) is 12.4 Å². The van der Waals surface area contributed by atoms with E-state index in [1.54, 1.807) is 0 Å². The van der Waals surface area contributed by atoms with Crippen LogP contribution in [0.15, 0.2) is 83.9 Å². The summed E-state index contributed by atoms with van der Waals surface area (Å²) in [5.41, 5.74) is 5.78. The van der Waals surface area contributed by atoms with Crippen LogP contribution < -0.4 is 0 Å². The standard InChI is InChI=1S/C20H17N/c1-16-7-5-6-10-20(16)21-15-17-11-13-19(14-12-17)18-8-3-2-4-9-18/h2-15H,1H3. The third-order valence-corrected chi connectivity index (χ3v) is 3.49. The van der Waals surface area contributed by atoms with Gasteiger partial charge in [-0.2, -0.15) is 0 Å². The molecular weight excluding hydrogens is 254 g/mol. The van der Waals surface area contributed by atoms with Crippen molar-refractivity contribution in [2.24, 2.45) is 4.99 Å². The Kier molecular flexibility index (Phi) is 3.92. The summed E-state index contributed by atoms with van der Waals surface area (Å²) in [6.45, 7) is 2.07. The second-order valence-corrected chi connectivity index (χ2v) is 5.03. The molecule has 21 heavy (non-hydrogen) atoms. The molecule has 1 heteroatoms. The van der Waals surface area contributed by atoms with E-state index < -0.39 is 0 Å². The zero-order chi connectivity index (χ0) is 14.5. The van der Waals surface area contributed by atoms with Gasteiger partial charge in [0.15, 0.2) is 0 Å². The summed E-state index contributed by atoms with van der Waals surface area (Å²) >= 11 is 0. The van der Waals surface area contributed by atoms with Crippen molar-refractivity contribution >= 4 is 11.9 Å². The van der Waals surface area contributed by atoms with Gasteiger partial charge >= 0.3 is 0 Å².